The molecule has 3 atom stereocenters. The van der Waals surface area contributed by atoms with Crippen LogP contribution in [0.5, 0.6) is 0 Å². The maximum Gasteiger partial charge on any atom is 0.245 e. The van der Waals surface area contributed by atoms with Crippen molar-refractivity contribution in [1.29, 1.82) is 0 Å². The van der Waals surface area contributed by atoms with E-state index in [1.54, 1.807) is 11.8 Å². The number of amides is 2. The van der Waals surface area contributed by atoms with Crippen molar-refractivity contribution >= 4 is 11.8 Å². The molecule has 1 aliphatic rings. The molecule has 1 N–H and O–H groups in total. The summed E-state index contributed by atoms with van der Waals surface area (Å²) in [6.45, 7) is 8.59. The van der Waals surface area contributed by atoms with Crippen molar-refractivity contribution in [3.8, 4) is 0 Å². The minimum Gasteiger partial charge on any atom is -0.343 e. The van der Waals surface area contributed by atoms with Crippen LogP contribution in [0.25, 0.3) is 0 Å². The number of hydrogen-bond donors (Lipinski definition) is 1. The van der Waals surface area contributed by atoms with Crippen molar-refractivity contribution in [3.63, 3.8) is 0 Å². The Morgan fingerprint density at radius 2 is 2.00 bits per heavy atom. The summed E-state index contributed by atoms with van der Waals surface area (Å²) in [5.41, 5.74) is 0. The van der Waals surface area contributed by atoms with Crippen molar-refractivity contribution in [3.05, 3.63) is 0 Å². The molecule has 0 bridgehead atoms. The number of piperazine rings is 1. The predicted molar refractivity (Wildman–Crippen MR) is 62.9 cm³/mol. The second-order valence-electron chi connectivity index (χ2n) is 4.65. The molecule has 92 valence electrons. The van der Waals surface area contributed by atoms with Gasteiger partial charge in [-0.25, -0.2) is 0 Å². The van der Waals surface area contributed by atoms with Crippen LogP contribution in [0.2, 0.25) is 0 Å². The normalized spacial score (nSPS) is 27.9. The van der Waals surface area contributed by atoms with Gasteiger partial charge >= 0.3 is 0 Å². The summed E-state index contributed by atoms with van der Waals surface area (Å²) in [5, 5.41) is 2.76. The quantitative estimate of drug-likeness (QED) is 0.782. The molecular weight excluding hydrogens is 204 g/mol. The molecule has 16 heavy (non-hydrogen) atoms. The standard InChI is InChI=1S/C12H22N2O2/c1-5-8(3)7-14-9(4)11(15)13-10(6-2)12(14)16/h8-10H,5-7H2,1-4H3,(H,13,15). The van der Waals surface area contributed by atoms with E-state index in [9.17, 15) is 9.59 Å². The first kappa shape index (κ1) is 13.0. The lowest BCUT2D eigenvalue weighted by molar-refractivity contribution is -0.149. The van der Waals surface area contributed by atoms with Crippen LogP contribution >= 0.6 is 0 Å². The van der Waals surface area contributed by atoms with Crippen molar-refractivity contribution in [2.75, 3.05) is 6.54 Å². The average Bonchev–Trinajstić information content (AvgIpc) is 2.28. The van der Waals surface area contributed by atoms with Gasteiger partial charge in [-0.2, -0.15) is 0 Å². The number of carbonyl (C=O) groups excluding carboxylic acids is 2. The maximum atomic E-state index is 12.1. The third-order valence-electron chi connectivity index (χ3n) is 3.36. The minimum atomic E-state index is -0.329. The number of rotatable bonds is 4. The van der Waals surface area contributed by atoms with Gasteiger partial charge in [0, 0.05) is 6.54 Å². The smallest absolute Gasteiger partial charge is 0.245 e. The molecule has 2 amide bonds. The molecule has 1 fully saturated rings. The van der Waals surface area contributed by atoms with Gasteiger partial charge in [-0.3, -0.25) is 9.59 Å². The van der Waals surface area contributed by atoms with E-state index >= 15 is 0 Å². The highest BCUT2D eigenvalue weighted by atomic mass is 16.2. The van der Waals surface area contributed by atoms with Gasteiger partial charge in [0.1, 0.15) is 12.1 Å². The molecule has 1 rings (SSSR count). The number of nitrogens with zero attached hydrogens (tertiary/aromatic N) is 1. The molecule has 3 unspecified atom stereocenters. The molecule has 0 spiro atoms. The van der Waals surface area contributed by atoms with Crippen LogP contribution in [0, 0.1) is 5.92 Å². The van der Waals surface area contributed by atoms with Gasteiger partial charge in [-0.1, -0.05) is 27.2 Å². The number of hydrogen-bond acceptors (Lipinski definition) is 2. The van der Waals surface area contributed by atoms with Gasteiger partial charge in [0.2, 0.25) is 11.8 Å². The Kier molecular flexibility index (Phi) is 4.33. The average molecular weight is 226 g/mol. The van der Waals surface area contributed by atoms with Gasteiger partial charge < -0.3 is 10.2 Å². The summed E-state index contributed by atoms with van der Waals surface area (Å²) in [4.78, 5) is 25.5. The molecule has 0 aliphatic carbocycles. The zero-order valence-corrected chi connectivity index (χ0v) is 10.6. The summed E-state index contributed by atoms with van der Waals surface area (Å²) in [6.07, 6.45) is 1.68. The molecule has 0 radical (unpaired) electrons. The summed E-state index contributed by atoms with van der Waals surface area (Å²) in [6, 6.07) is -0.656. The van der Waals surface area contributed by atoms with Crippen molar-refractivity contribution in [1.82, 2.24) is 10.2 Å². The van der Waals surface area contributed by atoms with E-state index in [1.807, 2.05) is 6.92 Å². The Balaban J connectivity index is 2.77. The Morgan fingerprint density at radius 3 is 2.50 bits per heavy atom. The lowest BCUT2D eigenvalue weighted by Gasteiger charge is -2.38. The Morgan fingerprint density at radius 1 is 1.38 bits per heavy atom. The van der Waals surface area contributed by atoms with Crippen LogP contribution in [0.1, 0.15) is 40.5 Å². The van der Waals surface area contributed by atoms with E-state index in [0.29, 0.717) is 18.9 Å². The van der Waals surface area contributed by atoms with E-state index in [0.717, 1.165) is 6.42 Å². The van der Waals surface area contributed by atoms with Crippen LogP contribution in [-0.4, -0.2) is 35.3 Å². The molecule has 1 aliphatic heterocycles. The fraction of sp³-hybridized carbons (Fsp3) is 0.833. The molecule has 1 saturated heterocycles. The summed E-state index contributed by atoms with van der Waals surface area (Å²) < 4.78 is 0. The van der Waals surface area contributed by atoms with Gasteiger partial charge in [0.05, 0.1) is 0 Å². The van der Waals surface area contributed by atoms with Crippen LogP contribution < -0.4 is 5.32 Å². The largest absolute Gasteiger partial charge is 0.343 e. The van der Waals surface area contributed by atoms with Crippen molar-refractivity contribution in [2.24, 2.45) is 5.92 Å². The van der Waals surface area contributed by atoms with Crippen molar-refractivity contribution < 1.29 is 9.59 Å². The van der Waals surface area contributed by atoms with E-state index in [1.165, 1.54) is 0 Å². The fourth-order valence-corrected chi connectivity index (χ4v) is 1.88. The predicted octanol–water partition coefficient (Wildman–Crippen LogP) is 1.16. The zero-order chi connectivity index (χ0) is 12.3. The Labute approximate surface area is 97.4 Å². The zero-order valence-electron chi connectivity index (χ0n) is 10.6. The molecule has 1 heterocycles. The van der Waals surface area contributed by atoms with Gasteiger partial charge in [0.15, 0.2) is 0 Å². The number of nitrogens with one attached hydrogen (secondary N) is 1. The molecular formula is C12H22N2O2. The van der Waals surface area contributed by atoms with Crippen LogP contribution in [0.3, 0.4) is 0 Å². The van der Waals surface area contributed by atoms with E-state index in [-0.39, 0.29) is 23.9 Å². The lowest BCUT2D eigenvalue weighted by atomic mass is 10.0. The SMILES string of the molecule is CCC(C)CN1C(=O)C(CC)NC(=O)C1C. The molecule has 4 heteroatoms. The number of carbonyl (C=O) groups is 2. The monoisotopic (exact) mass is 226 g/mol. The first-order valence-electron chi connectivity index (χ1n) is 6.12. The highest BCUT2D eigenvalue weighted by Gasteiger charge is 2.37. The molecule has 0 saturated carbocycles. The van der Waals surface area contributed by atoms with Gasteiger partial charge in [-0.05, 0) is 19.3 Å². The summed E-state index contributed by atoms with van der Waals surface area (Å²) in [5.74, 6) is 0.472. The first-order chi connectivity index (χ1) is 7.51. The lowest BCUT2D eigenvalue weighted by Crippen LogP contribution is -2.62. The second-order valence-corrected chi connectivity index (χ2v) is 4.65. The highest BCUT2D eigenvalue weighted by molar-refractivity contribution is 5.96. The third-order valence-corrected chi connectivity index (χ3v) is 3.36. The van der Waals surface area contributed by atoms with Gasteiger partial charge in [0.25, 0.3) is 0 Å². The second kappa shape index (κ2) is 5.32. The third kappa shape index (κ3) is 2.54. The van der Waals surface area contributed by atoms with Crippen LogP contribution in [0.4, 0.5) is 0 Å². The Hall–Kier alpha value is -1.06. The first-order valence-corrected chi connectivity index (χ1v) is 6.12. The van der Waals surface area contributed by atoms with Crippen molar-refractivity contribution in [2.45, 2.75) is 52.6 Å². The maximum absolute atomic E-state index is 12.1. The molecule has 4 nitrogen and oxygen atoms in total. The van der Waals surface area contributed by atoms with Gasteiger partial charge in [-0.15, -0.1) is 0 Å². The summed E-state index contributed by atoms with van der Waals surface area (Å²) >= 11 is 0. The van der Waals surface area contributed by atoms with E-state index in [2.05, 4.69) is 19.2 Å². The molecule has 0 aromatic heterocycles. The highest BCUT2D eigenvalue weighted by Crippen LogP contribution is 2.15. The Bertz CT molecular complexity index is 278. The van der Waals surface area contributed by atoms with Crippen LogP contribution in [0.15, 0.2) is 0 Å². The molecule has 0 aromatic rings. The van der Waals surface area contributed by atoms with E-state index < -0.39 is 0 Å². The molecule has 0 aromatic carbocycles. The minimum absolute atomic E-state index is 0.0326. The van der Waals surface area contributed by atoms with Crippen LogP contribution in [-0.2, 0) is 9.59 Å². The topological polar surface area (TPSA) is 49.4 Å². The van der Waals surface area contributed by atoms with E-state index in [4.69, 9.17) is 0 Å². The fourth-order valence-electron chi connectivity index (χ4n) is 1.88. The summed E-state index contributed by atoms with van der Waals surface area (Å²) in [7, 11) is 0.